The van der Waals surface area contributed by atoms with Crippen LogP contribution in [0.25, 0.3) is 0 Å². The molecule has 2 N–H and O–H groups in total. The van der Waals surface area contributed by atoms with Crippen molar-refractivity contribution in [3.8, 4) is 0 Å². The fraction of sp³-hybridized carbons (Fsp3) is 0.778. The Labute approximate surface area is 77.5 Å². The van der Waals surface area contributed by atoms with Crippen molar-refractivity contribution in [3.63, 3.8) is 0 Å². The molecular formula is C9H15N3O. The summed E-state index contributed by atoms with van der Waals surface area (Å²) in [5.41, 5.74) is 5.91. The number of aryl methyl sites for hydroxylation is 1. The second-order valence-electron chi connectivity index (χ2n) is 3.66. The van der Waals surface area contributed by atoms with Crippen molar-refractivity contribution in [1.82, 2.24) is 10.1 Å². The van der Waals surface area contributed by atoms with E-state index in [1.54, 1.807) is 0 Å². The van der Waals surface area contributed by atoms with Crippen LogP contribution in [0.3, 0.4) is 0 Å². The van der Waals surface area contributed by atoms with Crippen molar-refractivity contribution in [1.29, 1.82) is 0 Å². The Balaban J connectivity index is 2.03. The standard InChI is InChI=1S/C9H15N3O/c1-2-3-7-11-9(13-12-7)8(10)6-4-5-6/h6,8H,2-5,10H2,1H3. The van der Waals surface area contributed by atoms with Gasteiger partial charge in [-0.2, -0.15) is 4.98 Å². The van der Waals surface area contributed by atoms with E-state index in [2.05, 4.69) is 17.1 Å². The molecule has 2 rings (SSSR count). The molecular weight excluding hydrogens is 166 g/mol. The molecule has 13 heavy (non-hydrogen) atoms. The summed E-state index contributed by atoms with van der Waals surface area (Å²) in [4.78, 5) is 4.26. The lowest BCUT2D eigenvalue weighted by molar-refractivity contribution is 0.340. The molecule has 0 saturated heterocycles. The Morgan fingerprint density at radius 2 is 2.38 bits per heavy atom. The Morgan fingerprint density at radius 1 is 1.62 bits per heavy atom. The van der Waals surface area contributed by atoms with Crippen LogP contribution in [0, 0.1) is 5.92 Å². The summed E-state index contributed by atoms with van der Waals surface area (Å²) in [5.74, 6) is 1.98. The minimum absolute atomic E-state index is 0.0295. The quantitative estimate of drug-likeness (QED) is 0.763. The molecule has 1 unspecified atom stereocenters. The predicted octanol–water partition coefficient (Wildman–Crippen LogP) is 1.43. The van der Waals surface area contributed by atoms with Gasteiger partial charge < -0.3 is 10.3 Å². The van der Waals surface area contributed by atoms with Gasteiger partial charge >= 0.3 is 0 Å². The fourth-order valence-electron chi connectivity index (χ4n) is 1.38. The van der Waals surface area contributed by atoms with Crippen LogP contribution in [0.4, 0.5) is 0 Å². The molecule has 1 heterocycles. The molecule has 0 radical (unpaired) electrons. The lowest BCUT2D eigenvalue weighted by atomic mass is 10.2. The van der Waals surface area contributed by atoms with E-state index in [-0.39, 0.29) is 6.04 Å². The number of nitrogens with zero attached hydrogens (tertiary/aromatic N) is 2. The van der Waals surface area contributed by atoms with E-state index >= 15 is 0 Å². The fourth-order valence-corrected chi connectivity index (χ4v) is 1.38. The SMILES string of the molecule is CCCc1noc(C(N)C2CC2)n1. The highest BCUT2D eigenvalue weighted by atomic mass is 16.5. The van der Waals surface area contributed by atoms with Crippen LogP contribution < -0.4 is 5.73 Å². The molecule has 1 aliphatic carbocycles. The first-order valence-electron chi connectivity index (χ1n) is 4.89. The van der Waals surface area contributed by atoms with Gasteiger partial charge in [0.05, 0.1) is 6.04 Å². The Morgan fingerprint density at radius 3 is 3.00 bits per heavy atom. The molecule has 4 nitrogen and oxygen atoms in total. The van der Waals surface area contributed by atoms with Gasteiger partial charge in [0.2, 0.25) is 5.89 Å². The lowest BCUT2D eigenvalue weighted by Crippen LogP contribution is -2.12. The molecule has 0 aliphatic heterocycles. The van der Waals surface area contributed by atoms with Crippen LogP contribution in [0.1, 0.15) is 43.9 Å². The number of hydrogen-bond acceptors (Lipinski definition) is 4. The van der Waals surface area contributed by atoms with Crippen LogP contribution in [0.15, 0.2) is 4.52 Å². The van der Waals surface area contributed by atoms with Crippen LogP contribution in [-0.4, -0.2) is 10.1 Å². The van der Waals surface area contributed by atoms with E-state index in [1.165, 1.54) is 12.8 Å². The second kappa shape index (κ2) is 3.46. The highest BCUT2D eigenvalue weighted by Crippen LogP contribution is 2.38. The molecule has 1 fully saturated rings. The maximum Gasteiger partial charge on any atom is 0.243 e. The van der Waals surface area contributed by atoms with Crippen LogP contribution >= 0.6 is 0 Å². The second-order valence-corrected chi connectivity index (χ2v) is 3.66. The first kappa shape index (κ1) is 8.69. The zero-order valence-corrected chi connectivity index (χ0v) is 7.86. The predicted molar refractivity (Wildman–Crippen MR) is 47.9 cm³/mol. The molecule has 0 amide bonds. The minimum Gasteiger partial charge on any atom is -0.338 e. The molecule has 1 aromatic heterocycles. The number of aromatic nitrogens is 2. The van der Waals surface area contributed by atoms with Crippen molar-refractivity contribution < 1.29 is 4.52 Å². The van der Waals surface area contributed by atoms with Crippen molar-refractivity contribution >= 4 is 0 Å². The Hall–Kier alpha value is -0.900. The van der Waals surface area contributed by atoms with Gasteiger partial charge in [-0.15, -0.1) is 0 Å². The molecule has 1 atom stereocenters. The average Bonchev–Trinajstić information content (AvgIpc) is 2.87. The topological polar surface area (TPSA) is 64.9 Å². The van der Waals surface area contributed by atoms with Crippen molar-refractivity contribution in [3.05, 3.63) is 11.7 Å². The van der Waals surface area contributed by atoms with Crippen molar-refractivity contribution in [2.45, 2.75) is 38.6 Å². The van der Waals surface area contributed by atoms with Crippen LogP contribution in [0.5, 0.6) is 0 Å². The maximum absolute atomic E-state index is 5.91. The van der Waals surface area contributed by atoms with Crippen molar-refractivity contribution in [2.24, 2.45) is 11.7 Å². The van der Waals surface area contributed by atoms with E-state index in [1.807, 2.05) is 0 Å². The molecule has 0 aromatic carbocycles. The van der Waals surface area contributed by atoms with E-state index in [4.69, 9.17) is 10.3 Å². The van der Waals surface area contributed by atoms with Gasteiger partial charge in [0.1, 0.15) is 0 Å². The smallest absolute Gasteiger partial charge is 0.243 e. The van der Waals surface area contributed by atoms with Crippen LogP contribution in [0.2, 0.25) is 0 Å². The highest BCUT2D eigenvalue weighted by molar-refractivity contribution is 4.98. The summed E-state index contributed by atoms with van der Waals surface area (Å²) in [6, 6.07) is -0.0295. The van der Waals surface area contributed by atoms with Gasteiger partial charge in [0.25, 0.3) is 0 Å². The third kappa shape index (κ3) is 1.88. The summed E-state index contributed by atoms with van der Waals surface area (Å²) < 4.78 is 5.09. The number of rotatable bonds is 4. The molecule has 1 aromatic rings. The van der Waals surface area contributed by atoms with E-state index in [9.17, 15) is 0 Å². The zero-order valence-electron chi connectivity index (χ0n) is 7.86. The van der Waals surface area contributed by atoms with Gasteiger partial charge in [-0.3, -0.25) is 0 Å². The maximum atomic E-state index is 5.91. The van der Waals surface area contributed by atoms with Gasteiger partial charge in [0, 0.05) is 6.42 Å². The normalized spacial score (nSPS) is 18.9. The Bertz CT molecular complexity index is 280. The molecule has 72 valence electrons. The molecule has 1 saturated carbocycles. The van der Waals surface area contributed by atoms with E-state index < -0.39 is 0 Å². The largest absolute Gasteiger partial charge is 0.338 e. The van der Waals surface area contributed by atoms with Crippen molar-refractivity contribution in [2.75, 3.05) is 0 Å². The van der Waals surface area contributed by atoms with E-state index in [0.29, 0.717) is 11.8 Å². The van der Waals surface area contributed by atoms with E-state index in [0.717, 1.165) is 18.7 Å². The van der Waals surface area contributed by atoms with Gasteiger partial charge in [-0.1, -0.05) is 12.1 Å². The summed E-state index contributed by atoms with van der Waals surface area (Å²) in [5, 5.41) is 3.87. The number of hydrogen-bond donors (Lipinski definition) is 1. The molecule has 4 heteroatoms. The summed E-state index contributed by atoms with van der Waals surface area (Å²) in [7, 11) is 0. The monoisotopic (exact) mass is 181 g/mol. The molecule has 1 aliphatic rings. The third-order valence-electron chi connectivity index (χ3n) is 2.37. The molecule has 0 spiro atoms. The summed E-state index contributed by atoms with van der Waals surface area (Å²) in [6.45, 7) is 2.09. The van der Waals surface area contributed by atoms with Gasteiger partial charge in [-0.05, 0) is 25.2 Å². The van der Waals surface area contributed by atoms with Gasteiger partial charge in [0.15, 0.2) is 5.82 Å². The first-order chi connectivity index (χ1) is 6.31. The third-order valence-corrected chi connectivity index (χ3v) is 2.37. The molecule has 0 bridgehead atoms. The zero-order chi connectivity index (χ0) is 9.26. The lowest BCUT2D eigenvalue weighted by Gasteiger charge is -2.01. The number of nitrogens with two attached hydrogens (primary N) is 1. The minimum atomic E-state index is -0.0295. The van der Waals surface area contributed by atoms with Crippen LogP contribution in [-0.2, 0) is 6.42 Å². The summed E-state index contributed by atoms with van der Waals surface area (Å²) >= 11 is 0. The Kier molecular flexibility index (Phi) is 2.31. The highest BCUT2D eigenvalue weighted by Gasteiger charge is 2.33. The first-order valence-corrected chi connectivity index (χ1v) is 4.89. The average molecular weight is 181 g/mol. The summed E-state index contributed by atoms with van der Waals surface area (Å²) in [6.07, 6.45) is 4.32. The van der Waals surface area contributed by atoms with Gasteiger partial charge in [-0.25, -0.2) is 0 Å².